The number of rotatable bonds is 4. The Kier molecular flexibility index (Phi) is 3.96. The number of carbonyl (C=O) groups is 1. The minimum absolute atomic E-state index is 0.0457. The minimum Gasteiger partial charge on any atom is -0.478 e. The molecule has 0 aliphatic rings. The van der Waals surface area contributed by atoms with Gasteiger partial charge in [0.1, 0.15) is 0 Å². The Morgan fingerprint density at radius 2 is 1.94 bits per heavy atom. The molecule has 0 aliphatic heterocycles. The first kappa shape index (κ1) is 12.1. The molecular formula is C13H15NO2. The van der Waals surface area contributed by atoms with Crippen LogP contribution in [0, 0.1) is 18.3 Å². The first-order chi connectivity index (χ1) is 7.54. The molecular weight excluding hydrogens is 202 g/mol. The summed E-state index contributed by atoms with van der Waals surface area (Å²) >= 11 is 0. The Hall–Kier alpha value is -1.95. The van der Waals surface area contributed by atoms with Crippen molar-refractivity contribution in [1.82, 2.24) is 0 Å². The van der Waals surface area contributed by atoms with Gasteiger partial charge in [0, 0.05) is 5.69 Å². The predicted octanol–water partition coefficient (Wildman–Crippen LogP) is 2.45. The highest BCUT2D eigenvalue weighted by Gasteiger charge is 2.09. The fourth-order valence-electron chi connectivity index (χ4n) is 1.29. The number of nitrogens with one attached hydrogen (secondary N) is 1. The van der Waals surface area contributed by atoms with E-state index in [0.29, 0.717) is 5.92 Å². The Morgan fingerprint density at radius 3 is 2.31 bits per heavy atom. The van der Waals surface area contributed by atoms with Crippen LogP contribution in [-0.4, -0.2) is 17.1 Å². The van der Waals surface area contributed by atoms with Crippen molar-refractivity contribution in [2.24, 2.45) is 5.92 Å². The molecule has 16 heavy (non-hydrogen) atoms. The molecule has 3 nitrogen and oxygen atoms in total. The number of benzene rings is 1. The van der Waals surface area contributed by atoms with Crippen LogP contribution in [0.15, 0.2) is 24.3 Å². The van der Waals surface area contributed by atoms with Crippen molar-refractivity contribution >= 4 is 11.7 Å². The molecule has 1 aromatic rings. The molecule has 84 valence electrons. The van der Waals surface area contributed by atoms with Crippen LogP contribution < -0.4 is 5.32 Å². The molecule has 0 radical (unpaired) electrons. The van der Waals surface area contributed by atoms with Crippen LogP contribution in [0.1, 0.15) is 24.2 Å². The summed E-state index contributed by atoms with van der Waals surface area (Å²) in [5, 5.41) is 11.9. The fourth-order valence-corrected chi connectivity index (χ4v) is 1.29. The maximum absolute atomic E-state index is 10.6. The zero-order chi connectivity index (χ0) is 12.1. The number of hydrogen-bond donors (Lipinski definition) is 2. The number of carboxylic acid groups (broad SMARTS) is 1. The van der Waals surface area contributed by atoms with Gasteiger partial charge in [-0.25, -0.2) is 4.79 Å². The summed E-state index contributed by atoms with van der Waals surface area (Å²) in [5.74, 6) is 2.06. The van der Waals surface area contributed by atoms with E-state index < -0.39 is 5.97 Å². The van der Waals surface area contributed by atoms with Gasteiger partial charge in [-0.1, -0.05) is 19.8 Å². The van der Waals surface area contributed by atoms with Crippen molar-refractivity contribution in [1.29, 1.82) is 0 Å². The van der Waals surface area contributed by atoms with E-state index in [2.05, 4.69) is 11.2 Å². The van der Waals surface area contributed by atoms with Crippen LogP contribution >= 0.6 is 0 Å². The van der Waals surface area contributed by atoms with Crippen LogP contribution in [-0.2, 0) is 0 Å². The molecule has 0 spiro atoms. The second-order valence-electron chi connectivity index (χ2n) is 3.92. The molecule has 0 aliphatic carbocycles. The molecule has 0 aromatic heterocycles. The van der Waals surface area contributed by atoms with Gasteiger partial charge in [0.15, 0.2) is 0 Å². The Labute approximate surface area is 95.5 Å². The van der Waals surface area contributed by atoms with Crippen LogP contribution in [0.3, 0.4) is 0 Å². The quantitative estimate of drug-likeness (QED) is 0.762. The third kappa shape index (κ3) is 3.03. The van der Waals surface area contributed by atoms with Gasteiger partial charge in [0.05, 0.1) is 11.6 Å². The average Bonchev–Trinajstić information content (AvgIpc) is 2.26. The van der Waals surface area contributed by atoms with Gasteiger partial charge in [0.25, 0.3) is 0 Å². The van der Waals surface area contributed by atoms with Gasteiger partial charge in [-0.15, -0.1) is 6.42 Å². The lowest BCUT2D eigenvalue weighted by atomic mass is 10.0. The highest BCUT2D eigenvalue weighted by atomic mass is 16.4. The molecule has 1 atom stereocenters. The molecule has 1 aromatic carbocycles. The monoisotopic (exact) mass is 217 g/mol. The highest BCUT2D eigenvalue weighted by molar-refractivity contribution is 5.88. The average molecular weight is 217 g/mol. The van der Waals surface area contributed by atoms with Crippen molar-refractivity contribution in [2.45, 2.75) is 19.9 Å². The van der Waals surface area contributed by atoms with Gasteiger partial charge in [0.2, 0.25) is 0 Å². The van der Waals surface area contributed by atoms with E-state index >= 15 is 0 Å². The topological polar surface area (TPSA) is 49.3 Å². The number of aromatic carboxylic acids is 1. The van der Waals surface area contributed by atoms with Crippen molar-refractivity contribution in [3.05, 3.63) is 29.8 Å². The molecule has 1 unspecified atom stereocenters. The third-order valence-corrected chi connectivity index (χ3v) is 2.30. The summed E-state index contributed by atoms with van der Waals surface area (Å²) < 4.78 is 0. The fraction of sp³-hybridized carbons (Fsp3) is 0.308. The normalized spacial score (nSPS) is 11.9. The van der Waals surface area contributed by atoms with Gasteiger partial charge in [-0.3, -0.25) is 0 Å². The van der Waals surface area contributed by atoms with Gasteiger partial charge >= 0.3 is 5.97 Å². The number of carboxylic acids is 1. The minimum atomic E-state index is -0.927. The van der Waals surface area contributed by atoms with E-state index in [-0.39, 0.29) is 11.6 Å². The van der Waals surface area contributed by atoms with Crippen LogP contribution in [0.5, 0.6) is 0 Å². The van der Waals surface area contributed by atoms with Crippen LogP contribution in [0.2, 0.25) is 0 Å². The van der Waals surface area contributed by atoms with Crippen molar-refractivity contribution in [3.63, 3.8) is 0 Å². The van der Waals surface area contributed by atoms with Crippen molar-refractivity contribution in [2.75, 3.05) is 5.32 Å². The van der Waals surface area contributed by atoms with Crippen LogP contribution in [0.4, 0.5) is 5.69 Å². The SMILES string of the molecule is C#CC(Nc1ccc(C(=O)O)cc1)C(C)C. The largest absolute Gasteiger partial charge is 0.478 e. The third-order valence-electron chi connectivity index (χ3n) is 2.30. The van der Waals surface area contributed by atoms with E-state index in [0.717, 1.165) is 5.69 Å². The Morgan fingerprint density at radius 1 is 1.38 bits per heavy atom. The number of anilines is 1. The predicted molar refractivity (Wildman–Crippen MR) is 64.5 cm³/mol. The highest BCUT2D eigenvalue weighted by Crippen LogP contribution is 2.13. The summed E-state index contributed by atoms with van der Waals surface area (Å²) in [6.07, 6.45) is 5.39. The summed E-state index contributed by atoms with van der Waals surface area (Å²) in [6, 6.07) is 6.50. The van der Waals surface area contributed by atoms with Gasteiger partial charge in [-0.2, -0.15) is 0 Å². The lowest BCUT2D eigenvalue weighted by Crippen LogP contribution is -2.23. The lowest BCUT2D eigenvalue weighted by molar-refractivity contribution is 0.0697. The maximum Gasteiger partial charge on any atom is 0.335 e. The molecule has 0 heterocycles. The molecule has 2 N–H and O–H groups in total. The Balaban J connectivity index is 2.76. The summed E-state index contributed by atoms with van der Waals surface area (Å²) in [7, 11) is 0. The van der Waals surface area contributed by atoms with Crippen LogP contribution in [0.25, 0.3) is 0 Å². The van der Waals surface area contributed by atoms with Gasteiger partial charge in [-0.05, 0) is 30.2 Å². The zero-order valence-corrected chi connectivity index (χ0v) is 9.40. The van der Waals surface area contributed by atoms with E-state index in [1.807, 2.05) is 13.8 Å². The zero-order valence-electron chi connectivity index (χ0n) is 9.40. The summed E-state index contributed by atoms with van der Waals surface area (Å²) in [6.45, 7) is 4.06. The molecule has 1 rings (SSSR count). The molecule has 0 amide bonds. The maximum atomic E-state index is 10.6. The second-order valence-corrected chi connectivity index (χ2v) is 3.92. The second kappa shape index (κ2) is 5.22. The smallest absolute Gasteiger partial charge is 0.335 e. The van der Waals surface area contributed by atoms with Gasteiger partial charge < -0.3 is 10.4 Å². The molecule has 3 heteroatoms. The van der Waals surface area contributed by atoms with Crippen molar-refractivity contribution < 1.29 is 9.90 Å². The molecule has 0 saturated carbocycles. The lowest BCUT2D eigenvalue weighted by Gasteiger charge is -2.17. The Bertz CT molecular complexity index is 401. The van der Waals surface area contributed by atoms with E-state index in [1.165, 1.54) is 0 Å². The molecule has 0 fully saturated rings. The first-order valence-corrected chi connectivity index (χ1v) is 5.10. The number of terminal acetylenes is 1. The number of hydrogen-bond acceptors (Lipinski definition) is 2. The standard InChI is InChI=1S/C13H15NO2/c1-4-12(9(2)3)14-11-7-5-10(6-8-11)13(15)16/h1,5-9,12,14H,2-3H3,(H,15,16). The first-order valence-electron chi connectivity index (χ1n) is 5.10. The van der Waals surface area contributed by atoms with E-state index in [1.54, 1.807) is 24.3 Å². The summed E-state index contributed by atoms with van der Waals surface area (Å²) in [5.41, 5.74) is 1.11. The molecule has 0 saturated heterocycles. The summed E-state index contributed by atoms with van der Waals surface area (Å²) in [4.78, 5) is 10.6. The molecule has 0 bridgehead atoms. The van der Waals surface area contributed by atoms with E-state index in [4.69, 9.17) is 11.5 Å². The van der Waals surface area contributed by atoms with E-state index in [9.17, 15) is 4.79 Å². The van der Waals surface area contributed by atoms with Crippen molar-refractivity contribution in [3.8, 4) is 12.3 Å².